The molecule has 0 saturated heterocycles. The van der Waals surface area contributed by atoms with E-state index in [-0.39, 0.29) is 16.9 Å². The molecule has 9 heteroatoms. The Labute approximate surface area is 122 Å². The molecule has 3 aromatic rings. The number of carbonyl (C=O) groups is 1. The zero-order valence-electron chi connectivity index (χ0n) is 10.9. The van der Waals surface area contributed by atoms with Crippen LogP contribution in [0.3, 0.4) is 0 Å². The molecule has 0 aliphatic carbocycles. The fraction of sp³-hybridized carbons (Fsp3) is 0.0833. The summed E-state index contributed by atoms with van der Waals surface area (Å²) in [5, 5.41) is 12.8. The number of carbonyl (C=O) groups excluding carboxylic acids is 1. The minimum Gasteiger partial charge on any atom is -0.354 e. The summed E-state index contributed by atoms with van der Waals surface area (Å²) >= 11 is 0.951. The predicted molar refractivity (Wildman–Crippen MR) is 76.5 cm³/mol. The fourth-order valence-electron chi connectivity index (χ4n) is 1.81. The summed E-state index contributed by atoms with van der Waals surface area (Å²) in [6, 6.07) is 9.02. The maximum Gasteiger partial charge on any atom is 0.300 e. The van der Waals surface area contributed by atoms with Crippen molar-refractivity contribution in [3.8, 4) is 16.3 Å². The van der Waals surface area contributed by atoms with E-state index in [1.807, 2.05) is 18.2 Å². The van der Waals surface area contributed by atoms with Gasteiger partial charge in [0, 0.05) is 7.05 Å². The van der Waals surface area contributed by atoms with Crippen LogP contribution in [0.25, 0.3) is 16.3 Å². The number of nitrogens with one attached hydrogen (secondary N) is 2. The number of rotatable bonds is 3. The van der Waals surface area contributed by atoms with Crippen molar-refractivity contribution in [2.75, 3.05) is 7.05 Å². The van der Waals surface area contributed by atoms with Crippen LogP contribution < -0.4 is 10.9 Å². The van der Waals surface area contributed by atoms with E-state index >= 15 is 0 Å². The number of amides is 1. The lowest BCUT2D eigenvalue weighted by molar-refractivity contribution is 0.0959. The first-order chi connectivity index (χ1) is 10.2. The highest BCUT2D eigenvalue weighted by Crippen LogP contribution is 2.21. The maximum atomic E-state index is 12.4. The van der Waals surface area contributed by atoms with Crippen molar-refractivity contribution in [3.05, 3.63) is 46.4 Å². The second-order valence-electron chi connectivity index (χ2n) is 4.07. The second-order valence-corrected chi connectivity index (χ2v) is 4.82. The highest BCUT2D eigenvalue weighted by molar-refractivity contribution is 7.09. The average molecular weight is 302 g/mol. The molecule has 2 heterocycles. The molecule has 0 saturated carbocycles. The summed E-state index contributed by atoms with van der Waals surface area (Å²) in [5.74, 6) is -0.410. The molecule has 1 aromatic carbocycles. The monoisotopic (exact) mass is 302 g/mol. The van der Waals surface area contributed by atoms with Gasteiger partial charge in [-0.1, -0.05) is 22.7 Å². The summed E-state index contributed by atoms with van der Waals surface area (Å²) in [5.41, 5.74) is 0.497. The first-order valence-corrected chi connectivity index (χ1v) is 6.77. The van der Waals surface area contributed by atoms with Gasteiger partial charge < -0.3 is 5.32 Å². The van der Waals surface area contributed by atoms with Gasteiger partial charge in [0.05, 0.1) is 5.69 Å². The quantitative estimate of drug-likeness (QED) is 0.730. The smallest absolute Gasteiger partial charge is 0.300 e. The lowest BCUT2D eigenvalue weighted by Crippen LogP contribution is -2.20. The molecule has 0 radical (unpaired) electrons. The van der Waals surface area contributed by atoms with Crippen LogP contribution in [0.4, 0.5) is 0 Å². The summed E-state index contributed by atoms with van der Waals surface area (Å²) in [4.78, 5) is 24.5. The van der Waals surface area contributed by atoms with Crippen LogP contribution in [0, 0.1) is 0 Å². The number of hydrogen-bond donors (Lipinski definition) is 2. The van der Waals surface area contributed by atoms with Gasteiger partial charge in [0.25, 0.3) is 11.5 Å². The van der Waals surface area contributed by atoms with Gasteiger partial charge in [-0.2, -0.15) is 5.10 Å². The summed E-state index contributed by atoms with van der Waals surface area (Å²) in [7, 11) is 1.48. The van der Waals surface area contributed by atoms with E-state index in [0.717, 1.165) is 11.5 Å². The average Bonchev–Trinajstić information content (AvgIpc) is 3.13. The SMILES string of the molecule is CNC(=O)c1nnsc1-c1n[nH]n(-c2ccccc2)c1=O. The van der Waals surface area contributed by atoms with E-state index in [2.05, 4.69) is 25.2 Å². The van der Waals surface area contributed by atoms with E-state index < -0.39 is 5.91 Å². The van der Waals surface area contributed by atoms with Crippen molar-refractivity contribution >= 4 is 17.4 Å². The van der Waals surface area contributed by atoms with E-state index in [1.54, 1.807) is 12.1 Å². The van der Waals surface area contributed by atoms with Crippen LogP contribution in [0.5, 0.6) is 0 Å². The number of para-hydroxylation sites is 1. The second kappa shape index (κ2) is 5.29. The van der Waals surface area contributed by atoms with E-state index in [1.165, 1.54) is 11.7 Å². The van der Waals surface area contributed by atoms with Crippen molar-refractivity contribution in [1.29, 1.82) is 0 Å². The topological polar surface area (TPSA) is 106 Å². The van der Waals surface area contributed by atoms with Crippen molar-refractivity contribution in [2.24, 2.45) is 0 Å². The number of H-pyrrole nitrogens is 1. The van der Waals surface area contributed by atoms with E-state index in [0.29, 0.717) is 10.6 Å². The predicted octanol–water partition coefficient (Wildman–Crippen LogP) is 0.439. The van der Waals surface area contributed by atoms with Gasteiger partial charge in [-0.05, 0) is 23.7 Å². The van der Waals surface area contributed by atoms with Crippen LogP contribution in [0.1, 0.15) is 10.5 Å². The van der Waals surface area contributed by atoms with Gasteiger partial charge in [0.2, 0.25) is 0 Å². The Kier molecular flexibility index (Phi) is 3.32. The highest BCUT2D eigenvalue weighted by Gasteiger charge is 2.22. The summed E-state index contributed by atoms with van der Waals surface area (Å²) in [6.45, 7) is 0. The number of aromatic nitrogens is 5. The molecule has 0 aliphatic rings. The van der Waals surface area contributed by atoms with Gasteiger partial charge in [-0.3, -0.25) is 9.59 Å². The van der Waals surface area contributed by atoms with Crippen LogP contribution in [0.15, 0.2) is 35.1 Å². The van der Waals surface area contributed by atoms with Crippen molar-refractivity contribution in [2.45, 2.75) is 0 Å². The Morgan fingerprint density at radius 1 is 1.33 bits per heavy atom. The molecule has 0 fully saturated rings. The molecule has 0 spiro atoms. The summed E-state index contributed by atoms with van der Waals surface area (Å²) in [6.07, 6.45) is 0. The number of hydrogen-bond acceptors (Lipinski definition) is 6. The zero-order valence-corrected chi connectivity index (χ0v) is 11.7. The van der Waals surface area contributed by atoms with Gasteiger partial charge >= 0.3 is 0 Å². The molecule has 2 aromatic heterocycles. The first-order valence-electron chi connectivity index (χ1n) is 6.00. The van der Waals surface area contributed by atoms with Gasteiger partial charge in [-0.15, -0.1) is 5.10 Å². The first kappa shape index (κ1) is 13.2. The van der Waals surface area contributed by atoms with Crippen LogP contribution in [-0.2, 0) is 0 Å². The van der Waals surface area contributed by atoms with Crippen LogP contribution in [-0.4, -0.2) is 37.5 Å². The van der Waals surface area contributed by atoms with Gasteiger partial charge in [0.15, 0.2) is 11.4 Å². The largest absolute Gasteiger partial charge is 0.354 e. The molecule has 0 unspecified atom stereocenters. The Balaban J connectivity index is 2.11. The molecule has 3 rings (SSSR count). The van der Waals surface area contributed by atoms with Gasteiger partial charge in [-0.25, -0.2) is 9.90 Å². The third kappa shape index (κ3) is 2.23. The van der Waals surface area contributed by atoms with Crippen LogP contribution in [0.2, 0.25) is 0 Å². The van der Waals surface area contributed by atoms with Crippen molar-refractivity contribution in [3.63, 3.8) is 0 Å². The normalized spacial score (nSPS) is 10.5. The third-order valence-electron chi connectivity index (χ3n) is 2.83. The third-order valence-corrected chi connectivity index (χ3v) is 3.56. The van der Waals surface area contributed by atoms with E-state index in [4.69, 9.17) is 0 Å². The van der Waals surface area contributed by atoms with Crippen molar-refractivity contribution < 1.29 is 4.79 Å². The molecule has 8 nitrogen and oxygen atoms in total. The molecule has 0 atom stereocenters. The Morgan fingerprint density at radius 2 is 2.10 bits per heavy atom. The molecule has 21 heavy (non-hydrogen) atoms. The summed E-state index contributed by atoms with van der Waals surface area (Å²) < 4.78 is 5.01. The molecule has 0 bridgehead atoms. The molecule has 106 valence electrons. The Bertz CT molecular complexity index is 835. The minimum absolute atomic E-state index is 0.0892. The standard InChI is InChI=1S/C12H10N6O2S/c1-13-11(19)8-10(21-17-15-8)9-12(20)18(16-14-9)7-5-3-2-4-6-7/h2-6,16H,1H3,(H,13,19). The van der Waals surface area contributed by atoms with Crippen molar-refractivity contribution in [1.82, 2.24) is 29.9 Å². The maximum absolute atomic E-state index is 12.4. The number of nitrogens with zero attached hydrogens (tertiary/aromatic N) is 4. The Hall–Kier alpha value is -2.81. The highest BCUT2D eigenvalue weighted by atomic mass is 32.1. The molecular formula is C12H10N6O2S. The lowest BCUT2D eigenvalue weighted by Gasteiger charge is -1.98. The van der Waals surface area contributed by atoms with E-state index in [9.17, 15) is 9.59 Å². The molecule has 0 aliphatic heterocycles. The molecule has 1 amide bonds. The minimum atomic E-state index is -0.410. The van der Waals surface area contributed by atoms with Crippen LogP contribution >= 0.6 is 11.5 Å². The molecule has 2 N–H and O–H groups in total. The molecular weight excluding hydrogens is 292 g/mol. The Morgan fingerprint density at radius 3 is 2.81 bits per heavy atom. The van der Waals surface area contributed by atoms with Gasteiger partial charge in [0.1, 0.15) is 4.88 Å². The number of aromatic amines is 1. The number of benzene rings is 1. The lowest BCUT2D eigenvalue weighted by atomic mass is 10.3. The zero-order chi connectivity index (χ0) is 14.8. The fourth-order valence-corrected chi connectivity index (χ4v) is 2.46.